The molecule has 0 aliphatic rings. The van der Waals surface area contributed by atoms with Crippen LogP contribution in [0.2, 0.25) is 0 Å². The summed E-state index contributed by atoms with van der Waals surface area (Å²) in [5.41, 5.74) is 10.8. The Hall–Kier alpha value is -5.68. The Bertz CT molecular complexity index is 2270. The molecule has 0 aliphatic carbocycles. The predicted molar refractivity (Wildman–Crippen MR) is 202 cm³/mol. The van der Waals surface area contributed by atoms with E-state index in [0.717, 1.165) is 77.8 Å². The Morgan fingerprint density at radius 2 is 1.27 bits per heavy atom. The highest BCUT2D eigenvalue weighted by Gasteiger charge is 2.22. The van der Waals surface area contributed by atoms with E-state index in [9.17, 15) is 9.90 Å². The number of nitrogens with zero attached hydrogens (tertiary/aromatic N) is 2. The van der Waals surface area contributed by atoms with Crippen molar-refractivity contribution in [3.05, 3.63) is 149 Å². The molecular formula is C44H41N3O2. The first-order valence-electron chi connectivity index (χ1n) is 17.0. The van der Waals surface area contributed by atoms with Gasteiger partial charge in [-0.15, -0.1) is 0 Å². The molecule has 1 amide bonds. The van der Waals surface area contributed by atoms with E-state index in [2.05, 4.69) is 93.0 Å². The molecule has 2 heterocycles. The summed E-state index contributed by atoms with van der Waals surface area (Å²) in [6.45, 7) is 10.8. The number of fused-ring (bicyclic) bond motifs is 3. The topological polar surface area (TPSA) is 67.2 Å². The zero-order valence-corrected chi connectivity index (χ0v) is 28.7. The molecule has 5 nitrogen and oxygen atoms in total. The third-order valence-electron chi connectivity index (χ3n) is 9.39. The number of pyridine rings is 1. The van der Waals surface area contributed by atoms with Crippen LogP contribution in [0.15, 0.2) is 121 Å². The van der Waals surface area contributed by atoms with E-state index in [0.29, 0.717) is 6.54 Å². The Labute approximate surface area is 287 Å². The SMILES string of the molecule is Cc1cc(-c2ccccc2-c2cccc(CNC(=O)c3c(C(C)C)cccc3C(C)C)n2)c(O)c(-n2c3ccccc3c3ccccc32)c1. The van der Waals surface area contributed by atoms with E-state index in [-0.39, 0.29) is 23.5 Å². The normalized spacial score (nSPS) is 11.6. The fourth-order valence-electron chi connectivity index (χ4n) is 7.06. The van der Waals surface area contributed by atoms with E-state index in [1.165, 1.54) is 0 Å². The molecule has 0 aliphatic heterocycles. The summed E-state index contributed by atoms with van der Waals surface area (Å²) in [5.74, 6) is 0.581. The maximum absolute atomic E-state index is 13.7. The van der Waals surface area contributed by atoms with Crippen LogP contribution in [0, 0.1) is 6.92 Å². The number of aromatic hydroxyl groups is 1. The monoisotopic (exact) mass is 643 g/mol. The fourth-order valence-corrected chi connectivity index (χ4v) is 7.06. The van der Waals surface area contributed by atoms with Crippen molar-refractivity contribution in [2.75, 3.05) is 0 Å². The lowest BCUT2D eigenvalue weighted by atomic mass is 9.88. The molecule has 0 radical (unpaired) electrons. The van der Waals surface area contributed by atoms with Gasteiger partial charge >= 0.3 is 0 Å². The number of nitrogens with one attached hydrogen (secondary N) is 1. The van der Waals surface area contributed by atoms with Gasteiger partial charge in [-0.2, -0.15) is 0 Å². The van der Waals surface area contributed by atoms with Gasteiger partial charge in [0.05, 0.1) is 34.7 Å². The van der Waals surface area contributed by atoms with Gasteiger partial charge in [0, 0.05) is 27.5 Å². The number of carbonyl (C=O) groups is 1. The average Bonchev–Trinajstić information content (AvgIpc) is 3.45. The van der Waals surface area contributed by atoms with Gasteiger partial charge in [0.1, 0.15) is 5.75 Å². The number of hydrogen-bond acceptors (Lipinski definition) is 3. The van der Waals surface area contributed by atoms with E-state index >= 15 is 0 Å². The summed E-state index contributed by atoms with van der Waals surface area (Å²) in [5, 5.41) is 17.5. The number of aryl methyl sites for hydroxylation is 1. The molecule has 5 aromatic carbocycles. The van der Waals surface area contributed by atoms with Crippen molar-refractivity contribution in [1.82, 2.24) is 14.9 Å². The van der Waals surface area contributed by atoms with E-state index in [1.54, 1.807) is 0 Å². The van der Waals surface area contributed by atoms with Gasteiger partial charge in [-0.1, -0.05) is 113 Å². The van der Waals surface area contributed by atoms with Gasteiger partial charge in [0.15, 0.2) is 0 Å². The molecule has 0 fully saturated rings. The molecule has 2 N–H and O–H groups in total. The molecule has 2 aromatic heterocycles. The fraction of sp³-hybridized carbons (Fsp3) is 0.182. The van der Waals surface area contributed by atoms with Crippen LogP contribution in [-0.2, 0) is 6.54 Å². The standard InChI is InChI=1S/C44H41N3O2/c1-27(2)31-19-13-20-32(28(3)4)42(31)44(49)45-26-30-14-12-21-38(46-30)34-16-7-6-15-33(34)37-24-29(5)25-41(43(37)48)47-39-22-10-8-17-35(39)36-18-9-11-23-40(36)47/h6-25,27-28,48H,26H2,1-5H3,(H,45,49). The van der Waals surface area contributed by atoms with Gasteiger partial charge in [-0.3, -0.25) is 9.78 Å². The molecule has 0 saturated carbocycles. The molecule has 0 atom stereocenters. The Balaban J connectivity index is 1.26. The second kappa shape index (κ2) is 13.1. The Morgan fingerprint density at radius 1 is 0.694 bits per heavy atom. The maximum Gasteiger partial charge on any atom is 0.252 e. The summed E-state index contributed by atoms with van der Waals surface area (Å²) in [6, 6.07) is 40.8. The smallest absolute Gasteiger partial charge is 0.252 e. The third kappa shape index (κ3) is 5.86. The van der Waals surface area contributed by atoms with Gasteiger partial charge in [-0.05, 0) is 77.4 Å². The zero-order valence-electron chi connectivity index (χ0n) is 28.7. The van der Waals surface area contributed by atoms with E-state index in [1.807, 2.05) is 72.8 Å². The van der Waals surface area contributed by atoms with E-state index in [4.69, 9.17) is 4.98 Å². The number of carbonyl (C=O) groups excluding carboxylic acids is 1. The van der Waals surface area contributed by atoms with Gasteiger partial charge in [-0.25, -0.2) is 0 Å². The first-order valence-corrected chi connectivity index (χ1v) is 17.0. The lowest BCUT2D eigenvalue weighted by Crippen LogP contribution is -2.26. The zero-order chi connectivity index (χ0) is 34.2. The van der Waals surface area contributed by atoms with Gasteiger partial charge < -0.3 is 15.0 Å². The Kier molecular flexibility index (Phi) is 8.52. The number of phenols is 1. The predicted octanol–water partition coefficient (Wildman–Crippen LogP) is 10.7. The number of phenolic OH excluding ortho intramolecular Hbond substituents is 1. The van der Waals surface area contributed by atoms with Crippen LogP contribution in [-0.4, -0.2) is 20.6 Å². The lowest BCUT2D eigenvalue weighted by Gasteiger charge is -2.19. The van der Waals surface area contributed by atoms with Crippen LogP contribution in [0.5, 0.6) is 5.75 Å². The molecule has 0 saturated heterocycles. The molecule has 5 heteroatoms. The largest absolute Gasteiger partial charge is 0.505 e. The quantitative estimate of drug-likeness (QED) is 0.173. The number of amides is 1. The highest BCUT2D eigenvalue weighted by molar-refractivity contribution is 6.09. The first kappa shape index (κ1) is 31.9. The second-order valence-electron chi connectivity index (χ2n) is 13.4. The van der Waals surface area contributed by atoms with Crippen LogP contribution >= 0.6 is 0 Å². The lowest BCUT2D eigenvalue weighted by molar-refractivity contribution is 0.0947. The van der Waals surface area contributed by atoms with Crippen LogP contribution in [0.25, 0.3) is 49.9 Å². The number of aromatic nitrogens is 2. The molecule has 0 bridgehead atoms. The van der Waals surface area contributed by atoms with Crippen molar-refractivity contribution < 1.29 is 9.90 Å². The van der Waals surface area contributed by atoms with Crippen molar-refractivity contribution in [3.8, 4) is 33.8 Å². The molecular weight excluding hydrogens is 603 g/mol. The number of hydrogen-bond donors (Lipinski definition) is 2. The molecule has 0 spiro atoms. The van der Waals surface area contributed by atoms with Crippen molar-refractivity contribution in [3.63, 3.8) is 0 Å². The minimum atomic E-state index is -0.0807. The third-order valence-corrected chi connectivity index (χ3v) is 9.39. The van der Waals surface area contributed by atoms with Gasteiger partial charge in [0.25, 0.3) is 5.91 Å². The number of benzene rings is 5. The average molecular weight is 644 g/mol. The van der Waals surface area contributed by atoms with Crippen molar-refractivity contribution >= 4 is 27.7 Å². The van der Waals surface area contributed by atoms with Crippen LogP contribution < -0.4 is 5.32 Å². The van der Waals surface area contributed by atoms with E-state index < -0.39 is 0 Å². The number of rotatable bonds is 8. The molecule has 244 valence electrons. The second-order valence-corrected chi connectivity index (χ2v) is 13.4. The summed E-state index contributed by atoms with van der Waals surface area (Å²) < 4.78 is 2.16. The van der Waals surface area contributed by atoms with Crippen LogP contribution in [0.4, 0.5) is 0 Å². The maximum atomic E-state index is 13.7. The molecule has 7 rings (SSSR count). The Morgan fingerprint density at radius 3 is 1.90 bits per heavy atom. The summed E-state index contributed by atoms with van der Waals surface area (Å²) in [6.07, 6.45) is 0. The number of para-hydroxylation sites is 2. The van der Waals surface area contributed by atoms with Crippen molar-refractivity contribution in [2.24, 2.45) is 0 Å². The van der Waals surface area contributed by atoms with Crippen LogP contribution in [0.3, 0.4) is 0 Å². The minimum Gasteiger partial charge on any atom is -0.505 e. The summed E-state index contributed by atoms with van der Waals surface area (Å²) in [4.78, 5) is 18.7. The van der Waals surface area contributed by atoms with Crippen LogP contribution in [0.1, 0.15) is 72.3 Å². The van der Waals surface area contributed by atoms with Crippen molar-refractivity contribution in [2.45, 2.75) is 53.0 Å². The summed E-state index contributed by atoms with van der Waals surface area (Å²) >= 11 is 0. The highest BCUT2D eigenvalue weighted by atomic mass is 16.3. The minimum absolute atomic E-state index is 0.0807. The first-order chi connectivity index (χ1) is 23.7. The molecule has 0 unspecified atom stereocenters. The summed E-state index contributed by atoms with van der Waals surface area (Å²) in [7, 11) is 0. The van der Waals surface area contributed by atoms with Crippen molar-refractivity contribution in [1.29, 1.82) is 0 Å². The molecule has 7 aromatic rings. The van der Waals surface area contributed by atoms with Gasteiger partial charge in [0.2, 0.25) is 0 Å². The highest BCUT2D eigenvalue weighted by Crippen LogP contribution is 2.43. The molecule has 49 heavy (non-hydrogen) atoms.